The van der Waals surface area contributed by atoms with E-state index in [2.05, 4.69) is 73.7 Å². The monoisotopic (exact) mass is 894 g/mol. The van der Waals surface area contributed by atoms with Crippen molar-refractivity contribution in [2.75, 3.05) is 72.4 Å². The summed E-state index contributed by atoms with van der Waals surface area (Å²) in [5.41, 5.74) is 4.23. The maximum atomic E-state index is 14.0. The first-order valence-corrected chi connectivity index (χ1v) is 22.9. The van der Waals surface area contributed by atoms with E-state index < -0.39 is 27.6 Å². The van der Waals surface area contributed by atoms with Crippen LogP contribution < -0.4 is 25.2 Å². The molecule has 0 bridgehead atoms. The summed E-state index contributed by atoms with van der Waals surface area (Å²) in [5, 5.41) is 7.94. The van der Waals surface area contributed by atoms with Crippen molar-refractivity contribution in [3.63, 3.8) is 0 Å². The van der Waals surface area contributed by atoms with Gasteiger partial charge in [0.1, 0.15) is 17.1 Å². The molecule has 62 heavy (non-hydrogen) atoms. The zero-order valence-corrected chi connectivity index (χ0v) is 36.1. The molecule has 330 valence electrons. The summed E-state index contributed by atoms with van der Waals surface area (Å²) in [6, 6.07) is 14.3. The van der Waals surface area contributed by atoms with E-state index in [1.807, 2.05) is 24.3 Å². The Balaban J connectivity index is 0.812. The van der Waals surface area contributed by atoms with Crippen molar-refractivity contribution in [1.82, 2.24) is 40.0 Å². The first-order valence-electron chi connectivity index (χ1n) is 20.5. The van der Waals surface area contributed by atoms with E-state index in [4.69, 9.17) is 12.6 Å². The molecule has 2 aromatic carbocycles. The van der Waals surface area contributed by atoms with Gasteiger partial charge in [-0.25, -0.2) is 18.4 Å². The zero-order valence-electron chi connectivity index (χ0n) is 34.3. The highest BCUT2D eigenvalue weighted by Gasteiger charge is 2.39. The van der Waals surface area contributed by atoms with Gasteiger partial charge in [-0.2, -0.15) is 30.8 Å². The number of hydrogen-bond acceptors (Lipinski definition) is 15. The number of sulfonamides is 1. The normalized spacial score (nSPS) is 20.8. The molecule has 16 nitrogen and oxygen atoms in total. The number of rotatable bonds is 12. The Hall–Kier alpha value is -5.09. The molecule has 0 radical (unpaired) electrons. The number of halogens is 3. The van der Waals surface area contributed by atoms with Gasteiger partial charge in [-0.1, -0.05) is 18.2 Å². The van der Waals surface area contributed by atoms with Crippen LogP contribution in [0.1, 0.15) is 59.0 Å². The lowest BCUT2D eigenvalue weighted by molar-refractivity contribution is -0.138. The standard InChI is InChI=1S/C41H49F3N12O4S2/c1-52(62(2,59)60)37-33(45-13-14-46-37)23-47-36-32(41(42,43)44)22-48-40(51-36)49-28-4-6-29(7-5-28)54-15-11-30(12-16-54)55-19-17-53(18-20-55)24-26-3-8-31-27(21-26)25-56(39(31)61)34-9-10-35(57)50-38(34)58/h3-8,13-14,21-22,30,34,39,61H,9-12,15-20,23-25H2,1-2H3,(H,50,57,58)(H2,47,48,49,51). The molecule has 6 heterocycles. The van der Waals surface area contributed by atoms with Crippen molar-refractivity contribution in [2.24, 2.45) is 0 Å². The van der Waals surface area contributed by atoms with Gasteiger partial charge in [-0.05, 0) is 60.2 Å². The Morgan fingerprint density at radius 3 is 2.37 bits per heavy atom. The second-order valence-electron chi connectivity index (χ2n) is 16.1. The lowest BCUT2D eigenvalue weighted by Crippen LogP contribution is -2.53. The van der Waals surface area contributed by atoms with Crippen LogP contribution in [0.5, 0.6) is 0 Å². The summed E-state index contributed by atoms with van der Waals surface area (Å²) in [7, 11) is -2.42. The van der Waals surface area contributed by atoms with Crippen LogP contribution in [-0.4, -0.2) is 120 Å². The molecule has 2 unspecified atom stereocenters. The highest BCUT2D eigenvalue weighted by atomic mass is 32.2. The predicted molar refractivity (Wildman–Crippen MR) is 231 cm³/mol. The number of alkyl halides is 3. The Bertz CT molecular complexity index is 2400. The Labute approximate surface area is 363 Å². The number of imide groups is 1. The highest BCUT2D eigenvalue weighted by Crippen LogP contribution is 2.40. The number of piperazine rings is 1. The van der Waals surface area contributed by atoms with Gasteiger partial charge in [-0.3, -0.25) is 38.9 Å². The molecule has 4 aliphatic rings. The van der Waals surface area contributed by atoms with Crippen molar-refractivity contribution in [3.05, 3.63) is 89.0 Å². The molecule has 2 atom stereocenters. The molecule has 3 fully saturated rings. The molecule has 21 heteroatoms. The SMILES string of the molecule is CN(c1nccnc1CNc1nc(Nc2ccc(N3CCC(N4CCN(Cc5ccc6c(c5)CN(C5CCC(=O)NC5=O)C6S)CC4)CC3)cc2)ncc1C(F)(F)F)S(C)(=O)=O. The van der Waals surface area contributed by atoms with Gasteiger partial charge in [0.05, 0.1) is 24.2 Å². The number of anilines is 5. The Morgan fingerprint density at radius 2 is 1.68 bits per heavy atom. The molecule has 4 aliphatic heterocycles. The summed E-state index contributed by atoms with van der Waals surface area (Å²) in [6.45, 7) is 6.99. The predicted octanol–water partition coefficient (Wildman–Crippen LogP) is 4.37. The summed E-state index contributed by atoms with van der Waals surface area (Å²) >= 11 is 4.84. The summed E-state index contributed by atoms with van der Waals surface area (Å²) in [4.78, 5) is 50.0. The van der Waals surface area contributed by atoms with Crippen molar-refractivity contribution < 1.29 is 31.2 Å². The van der Waals surface area contributed by atoms with Crippen molar-refractivity contribution >= 4 is 63.4 Å². The average Bonchev–Trinajstić information content (AvgIpc) is 3.57. The van der Waals surface area contributed by atoms with E-state index in [-0.39, 0.29) is 47.2 Å². The Morgan fingerprint density at radius 1 is 0.952 bits per heavy atom. The fourth-order valence-corrected chi connectivity index (χ4v) is 9.62. The first-order chi connectivity index (χ1) is 29.6. The number of carbonyl (C=O) groups excluding carboxylic acids is 2. The fraction of sp³-hybridized carbons (Fsp3) is 0.463. The minimum absolute atomic E-state index is 0.0219. The number of nitrogens with one attached hydrogen (secondary N) is 3. The van der Waals surface area contributed by atoms with E-state index in [1.165, 1.54) is 30.6 Å². The third-order valence-electron chi connectivity index (χ3n) is 12.1. The number of fused-ring (bicyclic) bond motifs is 1. The van der Waals surface area contributed by atoms with E-state index in [1.54, 1.807) is 0 Å². The number of piperidine rings is 2. The van der Waals surface area contributed by atoms with Crippen molar-refractivity contribution in [1.29, 1.82) is 0 Å². The van der Waals surface area contributed by atoms with E-state index in [9.17, 15) is 31.2 Å². The zero-order chi connectivity index (χ0) is 43.8. The fourth-order valence-electron chi connectivity index (χ4n) is 8.66. The van der Waals surface area contributed by atoms with Gasteiger partial charge in [-0.15, -0.1) is 0 Å². The van der Waals surface area contributed by atoms with Crippen molar-refractivity contribution in [2.45, 2.75) is 69.0 Å². The lowest BCUT2D eigenvalue weighted by atomic mass is 10.0. The summed E-state index contributed by atoms with van der Waals surface area (Å²) < 4.78 is 67.0. The maximum Gasteiger partial charge on any atom is 0.421 e. The number of thiol groups is 1. The highest BCUT2D eigenvalue weighted by molar-refractivity contribution is 7.92. The molecule has 0 spiro atoms. The largest absolute Gasteiger partial charge is 0.421 e. The van der Waals surface area contributed by atoms with Crippen LogP contribution in [0.4, 0.5) is 42.1 Å². The van der Waals surface area contributed by atoms with Gasteiger partial charge in [0.2, 0.25) is 27.8 Å². The number of amides is 2. The molecule has 2 aromatic heterocycles. The number of nitrogens with zero attached hydrogens (tertiary/aromatic N) is 9. The van der Waals surface area contributed by atoms with Gasteiger partial charge < -0.3 is 15.5 Å². The van der Waals surface area contributed by atoms with Crippen LogP contribution in [0.3, 0.4) is 0 Å². The van der Waals surface area contributed by atoms with E-state index in [0.29, 0.717) is 37.3 Å². The van der Waals surface area contributed by atoms with Gasteiger partial charge in [0.25, 0.3) is 0 Å². The second kappa shape index (κ2) is 17.9. The van der Waals surface area contributed by atoms with E-state index >= 15 is 0 Å². The summed E-state index contributed by atoms with van der Waals surface area (Å²) in [5.74, 6) is -1.03. The molecule has 0 saturated carbocycles. The van der Waals surface area contributed by atoms with Crippen LogP contribution in [-0.2, 0) is 45.4 Å². The van der Waals surface area contributed by atoms with Crippen LogP contribution in [0.15, 0.2) is 61.1 Å². The van der Waals surface area contributed by atoms with Crippen LogP contribution in [0.2, 0.25) is 0 Å². The van der Waals surface area contributed by atoms with Gasteiger partial charge in [0, 0.05) is 102 Å². The first kappa shape index (κ1) is 43.6. The second-order valence-corrected chi connectivity index (χ2v) is 18.6. The smallest absolute Gasteiger partial charge is 0.371 e. The maximum absolute atomic E-state index is 14.0. The van der Waals surface area contributed by atoms with Crippen LogP contribution >= 0.6 is 12.6 Å². The number of carbonyl (C=O) groups is 2. The number of aromatic nitrogens is 4. The number of benzene rings is 2. The molecule has 8 rings (SSSR count). The van der Waals surface area contributed by atoms with Gasteiger partial charge in [0.15, 0.2) is 5.82 Å². The average molecular weight is 895 g/mol. The molecule has 3 saturated heterocycles. The molecule has 2 amide bonds. The lowest BCUT2D eigenvalue weighted by Gasteiger charge is -2.43. The molecule has 0 aliphatic carbocycles. The molecular weight excluding hydrogens is 846 g/mol. The Kier molecular flexibility index (Phi) is 12.6. The minimum Gasteiger partial charge on any atom is -0.371 e. The third kappa shape index (κ3) is 9.75. The van der Waals surface area contributed by atoms with Crippen LogP contribution in [0, 0.1) is 0 Å². The van der Waals surface area contributed by atoms with Crippen LogP contribution in [0.25, 0.3) is 0 Å². The molecule has 4 aromatic rings. The topological polar surface area (TPSA) is 172 Å². The molecule has 3 N–H and O–H groups in total. The van der Waals surface area contributed by atoms with E-state index in [0.717, 1.165) is 80.5 Å². The molecular formula is C41H49F3N12O4S2. The minimum atomic E-state index is -4.76. The summed E-state index contributed by atoms with van der Waals surface area (Å²) in [6.07, 6.45) is 2.48. The number of hydrogen-bond donors (Lipinski definition) is 4. The quantitative estimate of drug-likeness (QED) is 0.117. The van der Waals surface area contributed by atoms with Crippen molar-refractivity contribution in [3.8, 4) is 0 Å². The van der Waals surface area contributed by atoms with Gasteiger partial charge >= 0.3 is 6.18 Å². The third-order valence-corrected chi connectivity index (χ3v) is 13.9.